The van der Waals surface area contributed by atoms with Crippen molar-refractivity contribution in [1.82, 2.24) is 0 Å². The van der Waals surface area contributed by atoms with Crippen LogP contribution in [-0.4, -0.2) is 5.78 Å². The molecule has 0 saturated heterocycles. The molecule has 0 bridgehead atoms. The van der Waals surface area contributed by atoms with Gasteiger partial charge in [0.05, 0.1) is 0 Å². The van der Waals surface area contributed by atoms with Crippen molar-refractivity contribution in [2.45, 2.75) is 140 Å². The summed E-state index contributed by atoms with van der Waals surface area (Å²) in [4.78, 5) is 12.4. The van der Waals surface area contributed by atoms with Crippen molar-refractivity contribution >= 4 is 5.78 Å². The van der Waals surface area contributed by atoms with E-state index >= 15 is 0 Å². The highest BCUT2D eigenvalue weighted by Gasteiger charge is 2.11. The summed E-state index contributed by atoms with van der Waals surface area (Å²) in [6.45, 7) is 33.8. The van der Waals surface area contributed by atoms with Crippen molar-refractivity contribution in [2.75, 3.05) is 0 Å². The molecule has 0 radical (unpaired) electrons. The maximum absolute atomic E-state index is 12.4. The Balaban J connectivity index is 0.000000837. The summed E-state index contributed by atoms with van der Waals surface area (Å²) in [6, 6.07) is 41.9. The van der Waals surface area contributed by atoms with Gasteiger partial charge in [0.1, 0.15) is 11.5 Å². The minimum absolute atomic E-state index is 0. The van der Waals surface area contributed by atoms with Gasteiger partial charge in [-0.25, -0.2) is 0 Å². The number of hydrogen-bond acceptors (Lipinski definition) is 2. The second-order valence-corrected chi connectivity index (χ2v) is 17.1. The molecular formula is C63H84O2. The average Bonchev–Trinajstić information content (AvgIpc) is 3.21. The molecule has 0 fully saturated rings. The normalized spacial score (nSPS) is 9.72. The van der Waals surface area contributed by atoms with Crippen LogP contribution in [0.2, 0.25) is 0 Å². The van der Waals surface area contributed by atoms with E-state index < -0.39 is 0 Å². The third-order valence-electron chi connectivity index (χ3n) is 12.2. The van der Waals surface area contributed by atoms with Crippen LogP contribution in [0.15, 0.2) is 121 Å². The van der Waals surface area contributed by atoms with E-state index in [0.717, 1.165) is 33.8 Å². The SMILES string of the molecule is C.C.C.C.Cc1cc(C)c(C)cc1C.Cc1ccc(-c2ccc(C)c(C)c2)cc1C.Cc1ccc(C(=O)c2ccc(C)c(C)c2)cc1C.Cc1ccc(Oc2ccc(C)c(C)c2)cc1C. The number of hydrogen-bond donors (Lipinski definition) is 0. The molecule has 0 aliphatic heterocycles. The highest BCUT2D eigenvalue weighted by Crippen LogP contribution is 2.26. The molecule has 0 aliphatic rings. The van der Waals surface area contributed by atoms with Gasteiger partial charge in [-0.05, 0) is 247 Å². The van der Waals surface area contributed by atoms with E-state index in [0.29, 0.717) is 0 Å². The van der Waals surface area contributed by atoms with Crippen molar-refractivity contribution in [3.63, 3.8) is 0 Å². The molecule has 0 spiro atoms. The molecule has 0 unspecified atom stereocenters. The number of carbonyl (C=O) groups excluding carboxylic acids is 1. The third-order valence-corrected chi connectivity index (χ3v) is 12.2. The molecule has 0 atom stereocenters. The predicted molar refractivity (Wildman–Crippen MR) is 290 cm³/mol. The summed E-state index contributed by atoms with van der Waals surface area (Å²) in [5.74, 6) is 1.90. The maximum atomic E-state index is 12.4. The van der Waals surface area contributed by atoms with Gasteiger partial charge >= 0.3 is 0 Å². The fourth-order valence-electron chi connectivity index (χ4n) is 6.57. The summed E-state index contributed by atoms with van der Waals surface area (Å²) < 4.78 is 5.85. The van der Waals surface area contributed by atoms with Crippen LogP contribution in [0.1, 0.15) is 135 Å². The topological polar surface area (TPSA) is 26.3 Å². The van der Waals surface area contributed by atoms with E-state index in [2.05, 4.69) is 170 Å². The molecule has 0 aromatic heterocycles. The van der Waals surface area contributed by atoms with Gasteiger partial charge in [0.15, 0.2) is 5.78 Å². The first-order valence-electron chi connectivity index (χ1n) is 21.4. The Morgan fingerprint density at radius 2 is 0.492 bits per heavy atom. The van der Waals surface area contributed by atoms with Crippen molar-refractivity contribution in [3.05, 3.63) is 221 Å². The molecule has 0 amide bonds. The number of carbonyl (C=O) groups is 1. The van der Waals surface area contributed by atoms with Crippen molar-refractivity contribution < 1.29 is 9.53 Å². The fourth-order valence-corrected chi connectivity index (χ4v) is 6.57. The van der Waals surface area contributed by atoms with Gasteiger partial charge in [-0.3, -0.25) is 4.79 Å². The van der Waals surface area contributed by atoms with E-state index in [1.807, 2.05) is 62.4 Å². The molecule has 2 heteroatoms. The van der Waals surface area contributed by atoms with E-state index in [9.17, 15) is 4.79 Å². The molecule has 2 nitrogen and oxygen atoms in total. The minimum Gasteiger partial charge on any atom is -0.457 e. The quantitative estimate of drug-likeness (QED) is 0.161. The minimum atomic E-state index is 0. The zero-order valence-corrected chi connectivity index (χ0v) is 39.9. The Bertz CT molecular complexity index is 2430. The Morgan fingerprint density at radius 1 is 0.262 bits per heavy atom. The van der Waals surface area contributed by atoms with Crippen molar-refractivity contribution in [3.8, 4) is 22.6 Å². The standard InChI is InChI=1S/C17H18O.C16H18O.C16H18.C10H14.4CH4/c1-11-5-7-15(9-13(11)3)17(18)16-8-6-12(2)14(4)10-16;1-11-5-7-15(9-13(11)3)17-16-8-6-12(2)14(4)10-16;1-11-5-7-15(9-13(11)3)16-8-6-12(2)14(4)10-16;1-7-5-9(3)10(4)6-8(7)2;;;;/h5-10H,1-4H3;5-10H,1-4H3;5-10H,1-4H3;5-6H,1-4H3;4*1H4. The van der Waals surface area contributed by atoms with Gasteiger partial charge in [0.2, 0.25) is 0 Å². The second-order valence-electron chi connectivity index (χ2n) is 17.1. The maximum Gasteiger partial charge on any atom is 0.193 e. The Kier molecular flexibility index (Phi) is 24.3. The first kappa shape index (κ1) is 59.0. The largest absolute Gasteiger partial charge is 0.457 e. The molecular weight excluding hydrogens is 789 g/mol. The Morgan fingerprint density at radius 3 is 0.754 bits per heavy atom. The molecule has 7 aromatic carbocycles. The molecule has 7 aromatic rings. The third kappa shape index (κ3) is 16.8. The summed E-state index contributed by atoms with van der Waals surface area (Å²) in [5, 5.41) is 0. The lowest BCUT2D eigenvalue weighted by molar-refractivity contribution is 0.103. The van der Waals surface area contributed by atoms with Crippen LogP contribution in [0.25, 0.3) is 11.1 Å². The fraction of sp³-hybridized carbons (Fsp3) is 0.317. The Hall–Kier alpha value is -5.99. The summed E-state index contributed by atoms with van der Waals surface area (Å²) >= 11 is 0. The van der Waals surface area contributed by atoms with Crippen LogP contribution < -0.4 is 4.74 Å². The van der Waals surface area contributed by atoms with Crippen LogP contribution >= 0.6 is 0 Å². The first-order valence-corrected chi connectivity index (χ1v) is 21.4. The van der Waals surface area contributed by atoms with Gasteiger partial charge in [-0.15, -0.1) is 0 Å². The van der Waals surface area contributed by atoms with Crippen molar-refractivity contribution in [2.24, 2.45) is 0 Å². The number of rotatable bonds is 5. The van der Waals surface area contributed by atoms with Gasteiger partial charge in [0, 0.05) is 11.1 Å². The monoisotopic (exact) mass is 873 g/mol. The number of ether oxygens (including phenoxy) is 1. The van der Waals surface area contributed by atoms with E-state index in [-0.39, 0.29) is 35.5 Å². The van der Waals surface area contributed by atoms with Gasteiger partial charge in [-0.2, -0.15) is 0 Å². The van der Waals surface area contributed by atoms with Crippen LogP contribution in [0.4, 0.5) is 0 Å². The van der Waals surface area contributed by atoms with E-state index in [1.165, 1.54) is 89.0 Å². The number of benzene rings is 7. The van der Waals surface area contributed by atoms with Gasteiger partial charge in [-0.1, -0.05) is 115 Å². The number of ketones is 1. The molecule has 0 N–H and O–H groups in total. The predicted octanol–water partition coefficient (Wildman–Crippen LogP) is 18.9. The lowest BCUT2D eigenvalue weighted by Gasteiger charge is -2.09. The van der Waals surface area contributed by atoms with Gasteiger partial charge < -0.3 is 4.74 Å². The summed E-state index contributed by atoms with van der Waals surface area (Å²) in [6.07, 6.45) is 0. The molecule has 348 valence electrons. The average molecular weight is 873 g/mol. The van der Waals surface area contributed by atoms with E-state index in [4.69, 9.17) is 4.74 Å². The highest BCUT2D eigenvalue weighted by atomic mass is 16.5. The lowest BCUT2D eigenvalue weighted by atomic mass is 9.97. The van der Waals surface area contributed by atoms with Crippen molar-refractivity contribution in [1.29, 1.82) is 0 Å². The highest BCUT2D eigenvalue weighted by molar-refractivity contribution is 6.09. The smallest absolute Gasteiger partial charge is 0.193 e. The van der Waals surface area contributed by atoms with Crippen LogP contribution in [0.3, 0.4) is 0 Å². The molecule has 0 saturated carbocycles. The second kappa shape index (κ2) is 26.7. The van der Waals surface area contributed by atoms with Crippen LogP contribution in [-0.2, 0) is 0 Å². The zero-order chi connectivity index (χ0) is 45.1. The van der Waals surface area contributed by atoms with E-state index in [1.54, 1.807) is 0 Å². The lowest BCUT2D eigenvalue weighted by Crippen LogP contribution is -2.03. The molecule has 0 heterocycles. The summed E-state index contributed by atoms with van der Waals surface area (Å²) in [7, 11) is 0. The molecule has 65 heavy (non-hydrogen) atoms. The Labute approximate surface area is 398 Å². The number of aryl methyl sites for hydroxylation is 16. The molecule has 7 rings (SSSR count). The van der Waals surface area contributed by atoms with Gasteiger partial charge in [0.25, 0.3) is 0 Å². The zero-order valence-electron chi connectivity index (χ0n) is 39.9. The first-order chi connectivity index (χ1) is 28.7. The molecule has 0 aliphatic carbocycles. The summed E-state index contributed by atoms with van der Waals surface area (Å²) in [5.41, 5.74) is 25.0. The van der Waals surface area contributed by atoms with Crippen LogP contribution in [0.5, 0.6) is 11.5 Å². The van der Waals surface area contributed by atoms with Crippen LogP contribution in [0, 0.1) is 111 Å².